The summed E-state index contributed by atoms with van der Waals surface area (Å²) in [6.07, 6.45) is 20.1. The summed E-state index contributed by atoms with van der Waals surface area (Å²) in [5.74, 6) is 0.467. The van der Waals surface area contributed by atoms with Crippen molar-refractivity contribution >= 4 is 73.5 Å². The molecule has 2 aliphatic heterocycles. The first kappa shape index (κ1) is 44.2. The second-order valence-electron chi connectivity index (χ2n) is 20.7. The van der Waals surface area contributed by atoms with Crippen LogP contribution < -0.4 is 4.90 Å². The number of nitrogens with zero attached hydrogens (tertiary/aromatic N) is 1. The van der Waals surface area contributed by atoms with Gasteiger partial charge < -0.3 is 4.90 Å². The molecular weight excluding hydrogens is 951 g/mol. The molecule has 1 nitrogen and oxygen atoms in total. The molecule has 0 radical (unpaired) electrons. The normalized spacial score (nSPS) is 19.9. The highest BCUT2D eigenvalue weighted by molar-refractivity contribution is 7.99. The van der Waals surface area contributed by atoms with E-state index >= 15 is 0 Å². The average molecular weight is 1000 g/mol. The molecule has 354 valence electrons. The van der Waals surface area contributed by atoms with Crippen molar-refractivity contribution in [3.05, 3.63) is 291 Å². The molecule has 3 atom stereocenters. The van der Waals surface area contributed by atoms with Crippen LogP contribution in [0.4, 0.5) is 11.4 Å². The summed E-state index contributed by atoms with van der Waals surface area (Å²) >= 11 is 5.78. The van der Waals surface area contributed by atoms with Crippen LogP contribution in [0.5, 0.6) is 0 Å². The Balaban J connectivity index is 0.973. The van der Waals surface area contributed by atoms with E-state index in [0.29, 0.717) is 5.92 Å². The van der Waals surface area contributed by atoms with Crippen LogP contribution >= 0.6 is 34.9 Å². The summed E-state index contributed by atoms with van der Waals surface area (Å²) in [6.45, 7) is 8.82. The molecule has 0 N–H and O–H groups in total. The molecule has 2 spiro atoms. The fourth-order valence-electron chi connectivity index (χ4n) is 14.0. The Morgan fingerprint density at radius 1 is 0.608 bits per heavy atom. The van der Waals surface area contributed by atoms with Crippen molar-refractivity contribution < 1.29 is 0 Å². The number of fused-ring (bicyclic) bond motifs is 18. The number of benzene rings is 8. The molecule has 0 saturated carbocycles. The Labute approximate surface area is 446 Å². The first-order chi connectivity index (χ1) is 36.5. The van der Waals surface area contributed by atoms with Crippen molar-refractivity contribution in [1.29, 1.82) is 0 Å². The lowest BCUT2D eigenvalue weighted by atomic mass is 9.66. The standard InChI is InChI=1S/C70H51NS3/c1-4-5-19-47-44(3)69(53-24-10-6-21-49(47)53)56-27-13-16-31-63(56)73-65-38-35-45(41-58(65)69)48-20-9-15-29-60(48)71(61-30-18-33-67-68(61)52-40-43(2)34-37-62(52)72-67)46-36-39-66-59(42-46)70(57-28-14-17-32-64(57)74-66)54-25-11-7-22-50(54)51-23-8-12-26-55(51)70/h4-28,30-39,41-43,60H,1,29,40H2,2-3H3/b19-5-. The van der Waals surface area contributed by atoms with Crippen molar-refractivity contribution in [2.45, 2.75) is 63.1 Å². The Hall–Kier alpha value is -7.34. The van der Waals surface area contributed by atoms with Crippen LogP contribution in [0.25, 0.3) is 38.4 Å². The number of thiophene rings is 1. The molecule has 0 amide bonds. The van der Waals surface area contributed by atoms with E-state index < -0.39 is 10.8 Å². The third-order valence-corrected chi connectivity index (χ3v) is 20.4. The zero-order chi connectivity index (χ0) is 49.3. The minimum absolute atomic E-state index is 0.0190. The lowest BCUT2D eigenvalue weighted by Gasteiger charge is -2.42. The quantitative estimate of drug-likeness (QED) is 0.153. The predicted octanol–water partition coefficient (Wildman–Crippen LogP) is 18.8. The van der Waals surface area contributed by atoms with Gasteiger partial charge in [-0.1, -0.05) is 201 Å². The first-order valence-corrected chi connectivity index (χ1v) is 28.5. The van der Waals surface area contributed by atoms with E-state index in [1.807, 2.05) is 40.9 Å². The van der Waals surface area contributed by atoms with E-state index in [9.17, 15) is 0 Å². The monoisotopic (exact) mass is 1000 g/mol. The van der Waals surface area contributed by atoms with Gasteiger partial charge in [0.15, 0.2) is 0 Å². The molecule has 3 heterocycles. The van der Waals surface area contributed by atoms with Gasteiger partial charge in [-0.25, -0.2) is 0 Å². The molecule has 1 aromatic heterocycles. The average Bonchev–Trinajstić information content (AvgIpc) is 4.07. The second kappa shape index (κ2) is 16.8. The molecule has 3 unspecified atom stereocenters. The van der Waals surface area contributed by atoms with E-state index in [-0.39, 0.29) is 6.04 Å². The Morgan fingerprint density at radius 2 is 1.22 bits per heavy atom. The number of rotatable bonds is 6. The van der Waals surface area contributed by atoms with Crippen molar-refractivity contribution in [3.63, 3.8) is 0 Å². The predicted molar refractivity (Wildman–Crippen MR) is 315 cm³/mol. The molecular formula is C70H51NS3. The van der Waals surface area contributed by atoms with Gasteiger partial charge in [-0.15, -0.1) is 11.3 Å². The van der Waals surface area contributed by atoms with Crippen LogP contribution in [0.2, 0.25) is 0 Å². The summed E-state index contributed by atoms with van der Waals surface area (Å²) < 4.78 is 1.35. The highest BCUT2D eigenvalue weighted by Gasteiger charge is 2.52. The van der Waals surface area contributed by atoms with Gasteiger partial charge in [0.05, 0.1) is 22.6 Å². The lowest BCUT2D eigenvalue weighted by Crippen LogP contribution is -2.35. The van der Waals surface area contributed by atoms with E-state index in [2.05, 4.69) is 244 Å². The van der Waals surface area contributed by atoms with Crippen LogP contribution in [0, 0.1) is 5.92 Å². The fraction of sp³-hybridized carbons (Fsp3) is 0.114. The van der Waals surface area contributed by atoms with Gasteiger partial charge in [0.25, 0.3) is 0 Å². The number of allylic oxidation sites excluding steroid dienone is 8. The molecule has 74 heavy (non-hydrogen) atoms. The Morgan fingerprint density at radius 3 is 1.93 bits per heavy atom. The minimum atomic E-state index is -0.492. The maximum absolute atomic E-state index is 4.08. The largest absolute Gasteiger partial charge is 0.333 e. The van der Waals surface area contributed by atoms with Crippen LogP contribution in [0.1, 0.15) is 80.8 Å². The minimum Gasteiger partial charge on any atom is -0.333 e. The number of anilines is 2. The van der Waals surface area contributed by atoms with Crippen molar-refractivity contribution in [3.8, 4) is 11.1 Å². The highest BCUT2D eigenvalue weighted by atomic mass is 32.2. The molecule has 8 aromatic carbocycles. The Bertz CT molecular complexity index is 4010. The Kier molecular flexibility index (Phi) is 10.1. The summed E-state index contributed by atoms with van der Waals surface area (Å²) in [5.41, 5.74) is 21.6. The smallest absolute Gasteiger partial charge is 0.0736 e. The second-order valence-corrected chi connectivity index (χ2v) is 23.9. The topological polar surface area (TPSA) is 3.24 Å². The van der Waals surface area contributed by atoms with E-state index in [4.69, 9.17) is 0 Å². The molecule has 9 aromatic rings. The van der Waals surface area contributed by atoms with Gasteiger partial charge in [-0.3, -0.25) is 0 Å². The zero-order valence-electron chi connectivity index (χ0n) is 41.3. The van der Waals surface area contributed by atoms with Gasteiger partial charge in [0.2, 0.25) is 0 Å². The number of hydrogen-bond donors (Lipinski definition) is 0. The van der Waals surface area contributed by atoms with Crippen LogP contribution in [-0.2, 0) is 17.3 Å². The maximum Gasteiger partial charge on any atom is 0.0736 e. The van der Waals surface area contributed by atoms with Gasteiger partial charge in [0, 0.05) is 40.2 Å². The van der Waals surface area contributed by atoms with Crippen LogP contribution in [0.15, 0.2) is 250 Å². The number of hydrogen-bond acceptors (Lipinski definition) is 4. The summed E-state index contributed by atoms with van der Waals surface area (Å²) in [6, 6.07) is 67.8. The maximum atomic E-state index is 4.08. The van der Waals surface area contributed by atoms with Gasteiger partial charge >= 0.3 is 0 Å². The summed E-state index contributed by atoms with van der Waals surface area (Å²) in [5, 5.41) is 1.39. The summed E-state index contributed by atoms with van der Waals surface area (Å²) in [4.78, 5) is 9.40. The van der Waals surface area contributed by atoms with E-state index in [1.165, 1.54) is 129 Å². The molecule has 0 saturated heterocycles. The third-order valence-electron chi connectivity index (χ3n) is 17.0. The van der Waals surface area contributed by atoms with Gasteiger partial charge in [0.1, 0.15) is 0 Å². The lowest BCUT2D eigenvalue weighted by molar-refractivity contribution is 0.700. The van der Waals surface area contributed by atoms with E-state index in [1.54, 1.807) is 0 Å². The van der Waals surface area contributed by atoms with Gasteiger partial charge in [-0.2, -0.15) is 0 Å². The SMILES string of the molecule is C=C/C=C\C1=C(C)C2(c3ccccc3Sc3ccc(C4=CC=CCC4N(c4ccc5c(c4)C4(c6ccccc6S5)c5ccccc5-c5ccccc54)c4cccc5sc6c(c45)CC(C)C=C6)cc32)c2ccccc21. The van der Waals surface area contributed by atoms with Crippen molar-refractivity contribution in [2.24, 2.45) is 5.92 Å². The molecule has 6 aliphatic rings. The van der Waals surface area contributed by atoms with Gasteiger partial charge in [-0.05, 0) is 170 Å². The first-order valence-electron chi connectivity index (χ1n) is 26.0. The summed E-state index contributed by atoms with van der Waals surface area (Å²) in [7, 11) is 0. The van der Waals surface area contributed by atoms with Crippen LogP contribution in [0.3, 0.4) is 0 Å². The van der Waals surface area contributed by atoms with Crippen molar-refractivity contribution in [2.75, 3.05) is 4.90 Å². The van der Waals surface area contributed by atoms with Crippen LogP contribution in [-0.4, -0.2) is 6.04 Å². The zero-order valence-corrected chi connectivity index (χ0v) is 43.8. The fourth-order valence-corrected chi connectivity index (χ4v) is 17.5. The molecule has 0 bridgehead atoms. The molecule has 15 rings (SSSR count). The highest BCUT2D eigenvalue weighted by Crippen LogP contribution is 2.64. The van der Waals surface area contributed by atoms with Crippen molar-refractivity contribution in [1.82, 2.24) is 0 Å². The van der Waals surface area contributed by atoms with E-state index in [0.717, 1.165) is 12.8 Å². The molecule has 0 fully saturated rings. The molecule has 4 heteroatoms. The third kappa shape index (κ3) is 6.08. The molecule has 4 aliphatic carbocycles.